The molecule has 0 aliphatic carbocycles. The summed E-state index contributed by atoms with van der Waals surface area (Å²) in [5.74, 6) is -2.01. The summed E-state index contributed by atoms with van der Waals surface area (Å²) in [6, 6.07) is 15.3. The number of anilines is 1. The van der Waals surface area contributed by atoms with Gasteiger partial charge in [0, 0.05) is 0 Å². The number of amides is 1. The number of hydrogen-bond acceptors (Lipinski definition) is 8. The van der Waals surface area contributed by atoms with Crippen LogP contribution in [0.3, 0.4) is 0 Å². The number of hydrogen-bond donors (Lipinski definition) is 1. The second-order valence-electron chi connectivity index (χ2n) is 9.37. The van der Waals surface area contributed by atoms with E-state index in [2.05, 4.69) is 18.5 Å². The molecular formula is C32H32N2O6S. The lowest BCUT2D eigenvalue weighted by molar-refractivity contribution is -0.117. The summed E-state index contributed by atoms with van der Waals surface area (Å²) < 4.78 is 11.1. The Morgan fingerprint density at radius 1 is 1.15 bits per heavy atom. The van der Waals surface area contributed by atoms with Crippen LogP contribution in [0.25, 0.3) is 6.08 Å². The van der Waals surface area contributed by atoms with Crippen molar-refractivity contribution in [2.45, 2.75) is 39.2 Å². The summed E-state index contributed by atoms with van der Waals surface area (Å²) in [6.07, 6.45) is 7.41. The molecule has 2 aromatic carbocycles. The third-order valence-corrected chi connectivity index (χ3v) is 7.54. The number of benzene rings is 2. The average Bonchev–Trinajstić information content (AvgIpc) is 3.49. The number of unbranched alkanes of at least 4 members (excludes halogenated alkanes) is 2. The van der Waals surface area contributed by atoms with Crippen molar-refractivity contribution in [2.75, 3.05) is 18.1 Å². The van der Waals surface area contributed by atoms with Crippen LogP contribution in [0.2, 0.25) is 0 Å². The number of carbonyl (C=O) groups excluding carboxylic acids is 3. The van der Waals surface area contributed by atoms with Gasteiger partial charge >= 0.3 is 5.97 Å². The van der Waals surface area contributed by atoms with Crippen molar-refractivity contribution in [3.63, 3.8) is 0 Å². The van der Waals surface area contributed by atoms with Gasteiger partial charge in [0.05, 0.1) is 23.9 Å². The molecule has 3 aromatic rings. The van der Waals surface area contributed by atoms with Gasteiger partial charge in [0.25, 0.3) is 5.91 Å². The molecule has 4 rings (SSSR count). The van der Waals surface area contributed by atoms with Crippen molar-refractivity contribution in [1.82, 2.24) is 4.98 Å². The molecule has 1 aliphatic rings. The first kappa shape index (κ1) is 29.5. The number of aryl methyl sites for hydroxylation is 1. The second kappa shape index (κ2) is 13.7. The van der Waals surface area contributed by atoms with Crippen LogP contribution in [-0.4, -0.2) is 41.0 Å². The number of ketones is 1. The van der Waals surface area contributed by atoms with Crippen molar-refractivity contribution in [3.8, 4) is 5.75 Å². The van der Waals surface area contributed by atoms with Gasteiger partial charge in [-0.15, -0.1) is 0 Å². The number of allylic oxidation sites excluding steroid dienone is 1. The number of aliphatic hydroxyl groups excluding tert-OH is 1. The summed E-state index contributed by atoms with van der Waals surface area (Å²) >= 11 is 0.954. The number of aromatic nitrogens is 1. The molecule has 41 heavy (non-hydrogen) atoms. The molecule has 0 radical (unpaired) electrons. The minimum absolute atomic E-state index is 0.0244. The minimum Gasteiger partial charge on any atom is -0.503 e. The Balaban J connectivity index is 1.75. The zero-order valence-corrected chi connectivity index (χ0v) is 23.9. The van der Waals surface area contributed by atoms with E-state index in [-0.39, 0.29) is 22.2 Å². The van der Waals surface area contributed by atoms with Crippen molar-refractivity contribution in [1.29, 1.82) is 0 Å². The van der Waals surface area contributed by atoms with E-state index in [0.717, 1.165) is 36.2 Å². The number of nitrogens with zero attached hydrogens (tertiary/aromatic N) is 2. The fraction of sp³-hybridized carbons (Fsp3) is 0.250. The largest absolute Gasteiger partial charge is 0.503 e. The van der Waals surface area contributed by atoms with Crippen LogP contribution < -0.4 is 9.64 Å². The molecule has 0 saturated carbocycles. The van der Waals surface area contributed by atoms with Gasteiger partial charge in [-0.1, -0.05) is 92.3 Å². The summed E-state index contributed by atoms with van der Waals surface area (Å²) in [4.78, 5) is 45.6. The molecule has 1 amide bonds. The summed E-state index contributed by atoms with van der Waals surface area (Å²) in [6.45, 7) is 7.84. The van der Waals surface area contributed by atoms with Gasteiger partial charge in [-0.2, -0.15) is 0 Å². The number of aliphatic hydroxyl groups is 1. The van der Waals surface area contributed by atoms with E-state index >= 15 is 0 Å². The predicted molar refractivity (Wildman–Crippen MR) is 159 cm³/mol. The summed E-state index contributed by atoms with van der Waals surface area (Å²) in [5.41, 5.74) is 1.62. The maximum absolute atomic E-state index is 13.5. The van der Waals surface area contributed by atoms with Gasteiger partial charge in [0.2, 0.25) is 0 Å². The van der Waals surface area contributed by atoms with Crippen molar-refractivity contribution < 1.29 is 29.0 Å². The number of thiazole rings is 1. The maximum Gasteiger partial charge on any atom is 0.350 e. The van der Waals surface area contributed by atoms with Crippen molar-refractivity contribution in [3.05, 3.63) is 106 Å². The molecule has 0 bridgehead atoms. The van der Waals surface area contributed by atoms with Crippen LogP contribution in [0.5, 0.6) is 5.75 Å². The Hall–Kier alpha value is -4.50. The van der Waals surface area contributed by atoms with Crippen LogP contribution >= 0.6 is 11.3 Å². The van der Waals surface area contributed by atoms with Crippen LogP contribution in [-0.2, 0) is 14.3 Å². The van der Waals surface area contributed by atoms with Crippen LogP contribution in [0, 0.1) is 6.92 Å². The molecule has 1 N–H and O–H groups in total. The normalized spacial score (nSPS) is 15.0. The Kier molecular flexibility index (Phi) is 9.86. The van der Waals surface area contributed by atoms with Gasteiger partial charge < -0.3 is 14.6 Å². The fourth-order valence-corrected chi connectivity index (χ4v) is 5.37. The first-order chi connectivity index (χ1) is 19.8. The van der Waals surface area contributed by atoms with Crippen molar-refractivity contribution >= 4 is 40.2 Å². The maximum atomic E-state index is 13.5. The zero-order chi connectivity index (χ0) is 29.4. The molecular weight excluding hydrogens is 540 g/mol. The van der Waals surface area contributed by atoms with Crippen molar-refractivity contribution in [2.24, 2.45) is 0 Å². The van der Waals surface area contributed by atoms with Gasteiger partial charge in [-0.3, -0.25) is 14.5 Å². The van der Waals surface area contributed by atoms with Crippen LogP contribution in [0.4, 0.5) is 5.13 Å². The number of carbonyl (C=O) groups is 3. The van der Waals surface area contributed by atoms with E-state index in [0.29, 0.717) is 23.6 Å². The minimum atomic E-state index is -1.00. The second-order valence-corrected chi connectivity index (χ2v) is 10.4. The highest BCUT2D eigenvalue weighted by Gasteiger charge is 2.45. The molecule has 0 fully saturated rings. The van der Waals surface area contributed by atoms with E-state index in [1.54, 1.807) is 37.3 Å². The quantitative estimate of drug-likeness (QED) is 0.107. The van der Waals surface area contributed by atoms with E-state index in [4.69, 9.17) is 9.47 Å². The smallest absolute Gasteiger partial charge is 0.350 e. The molecule has 1 atom stereocenters. The Bertz CT molecular complexity index is 1490. The lowest BCUT2D eigenvalue weighted by atomic mass is 9.95. The van der Waals surface area contributed by atoms with E-state index in [1.807, 2.05) is 30.3 Å². The molecule has 1 unspecified atom stereocenters. The highest BCUT2D eigenvalue weighted by Crippen LogP contribution is 2.43. The number of ether oxygens (including phenoxy) is 2. The third-order valence-electron chi connectivity index (χ3n) is 6.40. The van der Waals surface area contributed by atoms with Crippen LogP contribution in [0.1, 0.15) is 58.7 Å². The molecule has 0 saturated heterocycles. The third kappa shape index (κ3) is 6.81. The van der Waals surface area contributed by atoms with Gasteiger partial charge in [-0.25, -0.2) is 9.78 Å². The van der Waals surface area contributed by atoms with Gasteiger partial charge in [0.1, 0.15) is 17.2 Å². The molecule has 1 aliphatic heterocycles. The zero-order valence-electron chi connectivity index (χ0n) is 23.0. The summed E-state index contributed by atoms with van der Waals surface area (Å²) in [7, 11) is 0. The lowest BCUT2D eigenvalue weighted by Crippen LogP contribution is -2.30. The Morgan fingerprint density at radius 2 is 1.93 bits per heavy atom. The number of rotatable bonds is 13. The Labute approximate surface area is 243 Å². The predicted octanol–water partition coefficient (Wildman–Crippen LogP) is 6.55. The molecule has 1 aromatic heterocycles. The molecule has 9 heteroatoms. The van der Waals surface area contributed by atoms with Crippen LogP contribution in [0.15, 0.2) is 84.7 Å². The van der Waals surface area contributed by atoms with E-state index < -0.39 is 29.5 Å². The highest BCUT2D eigenvalue weighted by molar-refractivity contribution is 7.17. The standard InChI is InChI=1S/C32H32N2O6S/c1-4-6-10-19-39-24-15-11-14-23(20-24)27-26(25(35)17-16-22-12-8-7-9-13-22)28(36)30(37)34(27)32-33-21(3)29(41-32)31(38)40-18-5-2/h5,7-9,11-17,20,27,36H,2,4,6,10,18-19H2,1,3H3/b17-16+. The highest BCUT2D eigenvalue weighted by atomic mass is 32.1. The molecule has 0 spiro atoms. The van der Waals surface area contributed by atoms with Gasteiger partial charge in [0.15, 0.2) is 16.7 Å². The van der Waals surface area contributed by atoms with E-state index in [1.165, 1.54) is 17.1 Å². The fourth-order valence-electron chi connectivity index (χ4n) is 4.39. The summed E-state index contributed by atoms with van der Waals surface area (Å²) in [5, 5.41) is 11.2. The molecule has 8 nitrogen and oxygen atoms in total. The SMILES string of the molecule is C=CCOC(=O)c1sc(N2C(=O)C(O)=C(C(=O)/C=C/c3ccccc3)C2c2cccc(OCCCCC)c2)nc1C. The monoisotopic (exact) mass is 572 g/mol. The molecule has 2 heterocycles. The topological polar surface area (TPSA) is 106 Å². The number of esters is 1. The lowest BCUT2D eigenvalue weighted by Gasteiger charge is -2.24. The average molecular weight is 573 g/mol. The first-order valence-electron chi connectivity index (χ1n) is 13.4. The molecule has 212 valence electrons. The van der Waals surface area contributed by atoms with E-state index in [9.17, 15) is 19.5 Å². The first-order valence-corrected chi connectivity index (χ1v) is 14.2. The Morgan fingerprint density at radius 3 is 2.66 bits per heavy atom. The van der Waals surface area contributed by atoms with Gasteiger partial charge in [-0.05, 0) is 42.7 Å².